The molecule has 0 aliphatic carbocycles. The third kappa shape index (κ3) is 8.73. The fraction of sp³-hybridized carbons (Fsp3) is 0.667. The third-order valence-corrected chi connectivity index (χ3v) is 3.07. The second-order valence-corrected chi connectivity index (χ2v) is 4.43. The number of rotatable bonds is 9. The van der Waals surface area contributed by atoms with Crippen LogP contribution in [0.25, 0.3) is 0 Å². The number of allylic oxidation sites excluding steroid dienone is 4. The molecule has 1 unspecified atom stereocenters. The zero-order valence-corrected chi connectivity index (χ0v) is 11.4. The molecule has 0 aromatic carbocycles. The van der Waals surface area contributed by atoms with Crippen LogP contribution in [0.4, 0.5) is 0 Å². The third-order valence-electron chi connectivity index (χ3n) is 3.07. The number of carboxylic acid groups (broad SMARTS) is 1. The molecule has 98 valence electrons. The van der Waals surface area contributed by atoms with Crippen molar-refractivity contribution in [2.75, 3.05) is 0 Å². The Kier molecular flexibility index (Phi) is 9.50. The Bertz CT molecular complexity index is 264. The molecule has 0 radical (unpaired) electrons. The molecular formula is C15H26O2. The van der Waals surface area contributed by atoms with Crippen molar-refractivity contribution in [1.29, 1.82) is 0 Å². The second-order valence-electron chi connectivity index (χ2n) is 4.43. The van der Waals surface area contributed by atoms with Crippen molar-refractivity contribution in [3.05, 3.63) is 23.8 Å². The van der Waals surface area contributed by atoms with E-state index >= 15 is 0 Å². The second kappa shape index (κ2) is 10.1. The first-order valence-corrected chi connectivity index (χ1v) is 6.64. The molecule has 17 heavy (non-hydrogen) atoms. The number of carboxylic acids is 1. The average Bonchev–Trinajstić information content (AvgIpc) is 2.32. The summed E-state index contributed by atoms with van der Waals surface area (Å²) < 4.78 is 0. The molecule has 1 atom stereocenters. The van der Waals surface area contributed by atoms with Crippen molar-refractivity contribution in [3.63, 3.8) is 0 Å². The summed E-state index contributed by atoms with van der Waals surface area (Å²) in [4.78, 5) is 10.5. The lowest BCUT2D eigenvalue weighted by atomic mass is 9.91. The molecule has 0 aliphatic heterocycles. The molecule has 0 amide bonds. The fourth-order valence-electron chi connectivity index (χ4n) is 1.85. The van der Waals surface area contributed by atoms with E-state index in [0.717, 1.165) is 25.7 Å². The van der Waals surface area contributed by atoms with E-state index in [1.165, 1.54) is 5.57 Å². The normalized spacial score (nSPS) is 14.2. The lowest BCUT2D eigenvalue weighted by molar-refractivity contribution is -0.136. The molecule has 0 aromatic heterocycles. The van der Waals surface area contributed by atoms with E-state index in [1.54, 1.807) is 0 Å². The van der Waals surface area contributed by atoms with Crippen LogP contribution >= 0.6 is 0 Å². The highest BCUT2D eigenvalue weighted by molar-refractivity contribution is 5.67. The lowest BCUT2D eigenvalue weighted by Gasteiger charge is -2.14. The summed E-state index contributed by atoms with van der Waals surface area (Å²) in [5, 5.41) is 8.68. The minimum absolute atomic E-state index is 0.251. The molecule has 0 fully saturated rings. The van der Waals surface area contributed by atoms with E-state index in [4.69, 9.17) is 5.11 Å². The Hall–Kier alpha value is -1.05. The van der Waals surface area contributed by atoms with Crippen LogP contribution in [-0.4, -0.2) is 11.1 Å². The number of carbonyl (C=O) groups is 1. The van der Waals surface area contributed by atoms with E-state index in [0.29, 0.717) is 12.3 Å². The quantitative estimate of drug-likeness (QED) is 0.597. The maximum absolute atomic E-state index is 10.5. The first-order chi connectivity index (χ1) is 8.13. The minimum Gasteiger partial charge on any atom is -0.481 e. The lowest BCUT2D eigenvalue weighted by Crippen LogP contribution is -2.02. The maximum atomic E-state index is 10.5. The molecule has 0 saturated heterocycles. The highest BCUT2D eigenvalue weighted by Crippen LogP contribution is 2.22. The van der Waals surface area contributed by atoms with Crippen molar-refractivity contribution in [2.24, 2.45) is 5.92 Å². The summed E-state index contributed by atoms with van der Waals surface area (Å²) in [5.41, 5.74) is 1.28. The Morgan fingerprint density at radius 2 is 1.94 bits per heavy atom. The smallest absolute Gasteiger partial charge is 0.303 e. The van der Waals surface area contributed by atoms with Crippen LogP contribution in [-0.2, 0) is 4.79 Å². The summed E-state index contributed by atoms with van der Waals surface area (Å²) in [5.74, 6) is -0.0546. The zero-order valence-electron chi connectivity index (χ0n) is 11.4. The summed E-state index contributed by atoms with van der Waals surface area (Å²) in [6.07, 6.45) is 11.9. The van der Waals surface area contributed by atoms with E-state index in [-0.39, 0.29) is 6.42 Å². The molecule has 0 rings (SSSR count). The molecule has 0 aliphatic rings. The predicted octanol–water partition coefficient (Wildman–Crippen LogP) is 4.57. The molecule has 0 bridgehead atoms. The van der Waals surface area contributed by atoms with Crippen molar-refractivity contribution in [1.82, 2.24) is 0 Å². The van der Waals surface area contributed by atoms with Crippen LogP contribution in [0.15, 0.2) is 23.8 Å². The SMILES string of the molecule is CC=C(CCC(=O)O)CC(CC)CC=CCC. The Morgan fingerprint density at radius 3 is 2.41 bits per heavy atom. The van der Waals surface area contributed by atoms with Gasteiger partial charge in [-0.15, -0.1) is 0 Å². The molecule has 2 heteroatoms. The Labute approximate surface area is 105 Å². The summed E-state index contributed by atoms with van der Waals surface area (Å²) in [7, 11) is 0. The Morgan fingerprint density at radius 1 is 1.24 bits per heavy atom. The maximum Gasteiger partial charge on any atom is 0.303 e. The zero-order chi connectivity index (χ0) is 13.1. The van der Waals surface area contributed by atoms with Gasteiger partial charge in [0.25, 0.3) is 0 Å². The van der Waals surface area contributed by atoms with Gasteiger partial charge in [-0.25, -0.2) is 0 Å². The average molecular weight is 238 g/mol. The highest BCUT2D eigenvalue weighted by Gasteiger charge is 2.08. The van der Waals surface area contributed by atoms with Gasteiger partial charge in [-0.1, -0.05) is 44.1 Å². The van der Waals surface area contributed by atoms with Gasteiger partial charge >= 0.3 is 5.97 Å². The van der Waals surface area contributed by atoms with Crippen LogP contribution < -0.4 is 0 Å². The van der Waals surface area contributed by atoms with Gasteiger partial charge in [-0.05, 0) is 38.5 Å². The summed E-state index contributed by atoms with van der Waals surface area (Å²) in [6.45, 7) is 6.35. The summed E-state index contributed by atoms with van der Waals surface area (Å²) in [6, 6.07) is 0. The van der Waals surface area contributed by atoms with Gasteiger partial charge in [0.1, 0.15) is 0 Å². The van der Waals surface area contributed by atoms with Gasteiger partial charge in [0.15, 0.2) is 0 Å². The van der Waals surface area contributed by atoms with Crippen LogP contribution in [0.5, 0.6) is 0 Å². The largest absolute Gasteiger partial charge is 0.481 e. The van der Waals surface area contributed by atoms with Crippen molar-refractivity contribution in [2.45, 2.75) is 59.3 Å². The summed E-state index contributed by atoms with van der Waals surface area (Å²) >= 11 is 0. The molecular weight excluding hydrogens is 212 g/mol. The van der Waals surface area contributed by atoms with Crippen molar-refractivity contribution < 1.29 is 9.90 Å². The first-order valence-electron chi connectivity index (χ1n) is 6.64. The van der Waals surface area contributed by atoms with Gasteiger partial charge < -0.3 is 5.11 Å². The van der Waals surface area contributed by atoms with Gasteiger partial charge in [0, 0.05) is 6.42 Å². The van der Waals surface area contributed by atoms with Crippen molar-refractivity contribution >= 4 is 5.97 Å². The monoisotopic (exact) mass is 238 g/mol. The minimum atomic E-state index is -0.705. The van der Waals surface area contributed by atoms with Crippen LogP contribution in [0, 0.1) is 5.92 Å². The van der Waals surface area contributed by atoms with Gasteiger partial charge in [0.05, 0.1) is 0 Å². The van der Waals surface area contributed by atoms with Crippen LogP contribution in [0.1, 0.15) is 59.3 Å². The van der Waals surface area contributed by atoms with E-state index < -0.39 is 5.97 Å². The predicted molar refractivity (Wildman–Crippen MR) is 73.1 cm³/mol. The first kappa shape index (κ1) is 16.0. The van der Waals surface area contributed by atoms with Gasteiger partial charge in [0.2, 0.25) is 0 Å². The molecule has 0 heterocycles. The van der Waals surface area contributed by atoms with Gasteiger partial charge in [-0.3, -0.25) is 4.79 Å². The topological polar surface area (TPSA) is 37.3 Å². The van der Waals surface area contributed by atoms with E-state index in [9.17, 15) is 4.79 Å². The Balaban J connectivity index is 4.13. The van der Waals surface area contributed by atoms with Crippen LogP contribution in [0.3, 0.4) is 0 Å². The van der Waals surface area contributed by atoms with E-state index in [2.05, 4.69) is 32.1 Å². The molecule has 0 spiro atoms. The number of aliphatic carboxylic acids is 1. The highest BCUT2D eigenvalue weighted by atomic mass is 16.4. The van der Waals surface area contributed by atoms with Gasteiger partial charge in [-0.2, -0.15) is 0 Å². The fourth-order valence-corrected chi connectivity index (χ4v) is 1.85. The molecule has 1 N–H and O–H groups in total. The molecule has 2 nitrogen and oxygen atoms in total. The molecule has 0 saturated carbocycles. The number of hydrogen-bond acceptors (Lipinski definition) is 1. The standard InChI is InChI=1S/C15H26O2/c1-4-7-8-9-13(5-2)12-14(6-3)10-11-15(16)17/h6-8,13H,4-5,9-12H2,1-3H3,(H,16,17). The van der Waals surface area contributed by atoms with Crippen LogP contribution in [0.2, 0.25) is 0 Å². The number of hydrogen-bond donors (Lipinski definition) is 1. The van der Waals surface area contributed by atoms with E-state index in [1.807, 2.05) is 6.92 Å². The molecule has 0 aromatic rings. The van der Waals surface area contributed by atoms with Crippen molar-refractivity contribution in [3.8, 4) is 0 Å².